The molecule has 1 aromatic rings. The molecule has 0 spiro atoms. The van der Waals surface area contributed by atoms with E-state index in [0.29, 0.717) is 0 Å². The molecule has 0 aliphatic heterocycles. The van der Waals surface area contributed by atoms with Gasteiger partial charge < -0.3 is 5.11 Å². The van der Waals surface area contributed by atoms with Crippen LogP contribution in [0.1, 0.15) is 12.6 Å². The van der Waals surface area contributed by atoms with Crippen LogP contribution in [0.15, 0.2) is 6.20 Å². The molecular formula is C7H9F2N3O2. The summed E-state index contributed by atoms with van der Waals surface area (Å²) in [7, 11) is 0. The summed E-state index contributed by atoms with van der Waals surface area (Å²) in [5, 5.41) is 15.2. The average Bonchev–Trinajstić information content (AvgIpc) is 2.32. The van der Waals surface area contributed by atoms with E-state index >= 15 is 0 Å². The molecular weight excluding hydrogens is 196 g/mol. The first-order valence-electron chi connectivity index (χ1n) is 3.85. The summed E-state index contributed by atoms with van der Waals surface area (Å²) in [5.74, 6) is -4.03. The first-order chi connectivity index (χ1) is 6.38. The van der Waals surface area contributed by atoms with Crippen molar-refractivity contribution >= 4 is 5.97 Å². The van der Waals surface area contributed by atoms with Crippen molar-refractivity contribution in [2.24, 2.45) is 0 Å². The zero-order valence-electron chi connectivity index (χ0n) is 7.44. The van der Waals surface area contributed by atoms with E-state index in [2.05, 4.69) is 10.3 Å². The Labute approximate surface area is 78.3 Å². The second kappa shape index (κ2) is 3.69. The highest BCUT2D eigenvalue weighted by Crippen LogP contribution is 2.14. The Kier molecular flexibility index (Phi) is 2.78. The Balaban J connectivity index is 2.77. The fraction of sp³-hybridized carbons (Fsp3) is 0.571. The number of alkyl halides is 2. The number of carboxylic acids is 1. The van der Waals surface area contributed by atoms with Crippen LogP contribution in [0.5, 0.6) is 0 Å². The molecule has 5 nitrogen and oxygen atoms in total. The Morgan fingerprint density at radius 1 is 1.71 bits per heavy atom. The highest BCUT2D eigenvalue weighted by atomic mass is 19.3. The molecule has 1 aromatic heterocycles. The molecule has 1 heterocycles. The van der Waals surface area contributed by atoms with Crippen molar-refractivity contribution in [2.75, 3.05) is 0 Å². The van der Waals surface area contributed by atoms with E-state index in [9.17, 15) is 13.6 Å². The van der Waals surface area contributed by atoms with Crippen LogP contribution in [-0.2, 0) is 17.8 Å². The van der Waals surface area contributed by atoms with Gasteiger partial charge in [0.15, 0.2) is 0 Å². The molecule has 0 saturated heterocycles. The number of carboxylic acid groups (broad SMARTS) is 1. The third kappa shape index (κ3) is 3.08. The lowest BCUT2D eigenvalue weighted by Gasteiger charge is -2.10. The molecule has 0 aromatic carbocycles. The van der Waals surface area contributed by atoms with E-state index < -0.39 is 18.4 Å². The van der Waals surface area contributed by atoms with Crippen molar-refractivity contribution < 1.29 is 18.7 Å². The summed E-state index contributed by atoms with van der Waals surface area (Å²) in [6.45, 7) is 0.0782. The van der Waals surface area contributed by atoms with Gasteiger partial charge in [-0.1, -0.05) is 5.21 Å². The Morgan fingerprint density at radius 3 is 2.86 bits per heavy atom. The molecule has 0 radical (unpaired) electrons. The molecule has 14 heavy (non-hydrogen) atoms. The minimum Gasteiger partial charge on any atom is -0.481 e. The third-order valence-corrected chi connectivity index (χ3v) is 1.46. The number of hydrogen-bond acceptors (Lipinski definition) is 3. The number of carbonyl (C=O) groups is 1. The van der Waals surface area contributed by atoms with Gasteiger partial charge in [-0.3, -0.25) is 4.79 Å². The highest BCUT2D eigenvalue weighted by Gasteiger charge is 2.24. The first kappa shape index (κ1) is 10.6. The second-order valence-electron chi connectivity index (χ2n) is 3.02. The molecule has 7 heteroatoms. The number of aliphatic carboxylic acids is 1. The maximum Gasteiger partial charge on any atom is 0.309 e. The standard InChI is InChI=1S/C7H9F2N3O2/c1-7(8,9)4-12-5(2-6(13)14)3-10-11-12/h3H,2,4H2,1H3,(H,13,14). The van der Waals surface area contributed by atoms with Crippen molar-refractivity contribution in [1.29, 1.82) is 0 Å². The largest absolute Gasteiger partial charge is 0.481 e. The molecule has 1 rings (SSSR count). The summed E-state index contributed by atoms with van der Waals surface area (Å²) >= 11 is 0. The zero-order chi connectivity index (χ0) is 10.8. The van der Waals surface area contributed by atoms with E-state index in [1.165, 1.54) is 6.20 Å². The van der Waals surface area contributed by atoms with Gasteiger partial charge >= 0.3 is 5.97 Å². The van der Waals surface area contributed by atoms with Gasteiger partial charge in [0.1, 0.15) is 6.54 Å². The summed E-state index contributed by atoms with van der Waals surface area (Å²) < 4.78 is 26.0. The van der Waals surface area contributed by atoms with Gasteiger partial charge in [-0.05, 0) is 0 Å². The van der Waals surface area contributed by atoms with Crippen molar-refractivity contribution in [2.45, 2.75) is 25.8 Å². The summed E-state index contributed by atoms with van der Waals surface area (Å²) in [4.78, 5) is 10.3. The maximum absolute atomic E-state index is 12.6. The number of rotatable bonds is 4. The minimum absolute atomic E-state index is 0.166. The lowest BCUT2D eigenvalue weighted by Crippen LogP contribution is -2.22. The molecule has 0 amide bonds. The van der Waals surface area contributed by atoms with Crippen LogP contribution < -0.4 is 0 Å². The fourth-order valence-corrected chi connectivity index (χ4v) is 0.967. The van der Waals surface area contributed by atoms with Crippen molar-refractivity contribution in [3.05, 3.63) is 11.9 Å². The number of aromatic nitrogens is 3. The zero-order valence-corrected chi connectivity index (χ0v) is 7.44. The number of hydrogen-bond donors (Lipinski definition) is 1. The summed E-state index contributed by atoms with van der Waals surface area (Å²) in [5.41, 5.74) is 0.166. The predicted octanol–water partition coefficient (Wildman–Crippen LogP) is 0.560. The van der Waals surface area contributed by atoms with E-state index in [1.54, 1.807) is 0 Å². The van der Waals surface area contributed by atoms with Gasteiger partial charge in [-0.2, -0.15) is 0 Å². The van der Waals surface area contributed by atoms with Gasteiger partial charge in [0.05, 0.1) is 18.3 Å². The van der Waals surface area contributed by atoms with Crippen LogP contribution in [0.2, 0.25) is 0 Å². The maximum atomic E-state index is 12.6. The molecule has 78 valence electrons. The molecule has 0 fully saturated rings. The van der Waals surface area contributed by atoms with Crippen LogP contribution in [-0.4, -0.2) is 32.0 Å². The van der Waals surface area contributed by atoms with Crippen LogP contribution in [0.4, 0.5) is 8.78 Å². The normalized spacial score (nSPS) is 11.6. The monoisotopic (exact) mass is 205 g/mol. The second-order valence-corrected chi connectivity index (χ2v) is 3.02. The molecule has 0 saturated carbocycles. The molecule has 0 bridgehead atoms. The quantitative estimate of drug-likeness (QED) is 0.779. The van der Waals surface area contributed by atoms with Gasteiger partial charge in [0.2, 0.25) is 0 Å². The molecule has 0 aliphatic rings. The topological polar surface area (TPSA) is 68.0 Å². The number of nitrogens with zero attached hydrogens (tertiary/aromatic N) is 3. The SMILES string of the molecule is CC(F)(F)Cn1nncc1CC(=O)O. The van der Waals surface area contributed by atoms with E-state index in [1.807, 2.05) is 0 Å². The van der Waals surface area contributed by atoms with Crippen LogP contribution >= 0.6 is 0 Å². The lowest BCUT2D eigenvalue weighted by molar-refractivity contribution is -0.136. The minimum atomic E-state index is -2.93. The average molecular weight is 205 g/mol. The van der Waals surface area contributed by atoms with E-state index in [4.69, 9.17) is 5.11 Å². The van der Waals surface area contributed by atoms with E-state index in [0.717, 1.165) is 11.6 Å². The van der Waals surface area contributed by atoms with Crippen LogP contribution in [0.3, 0.4) is 0 Å². The van der Waals surface area contributed by atoms with Crippen LogP contribution in [0, 0.1) is 0 Å². The smallest absolute Gasteiger partial charge is 0.309 e. The van der Waals surface area contributed by atoms with Gasteiger partial charge in [-0.15, -0.1) is 5.10 Å². The van der Waals surface area contributed by atoms with Gasteiger partial charge in [0, 0.05) is 6.92 Å². The predicted molar refractivity (Wildman–Crippen MR) is 42.0 cm³/mol. The van der Waals surface area contributed by atoms with Crippen molar-refractivity contribution in [1.82, 2.24) is 15.0 Å². The fourth-order valence-electron chi connectivity index (χ4n) is 0.967. The molecule has 0 aliphatic carbocycles. The Hall–Kier alpha value is -1.53. The Morgan fingerprint density at radius 2 is 2.36 bits per heavy atom. The molecule has 0 atom stereocenters. The lowest BCUT2D eigenvalue weighted by atomic mass is 10.3. The van der Waals surface area contributed by atoms with Crippen molar-refractivity contribution in [3.63, 3.8) is 0 Å². The van der Waals surface area contributed by atoms with E-state index in [-0.39, 0.29) is 12.1 Å². The first-order valence-corrected chi connectivity index (χ1v) is 3.85. The number of halogens is 2. The third-order valence-electron chi connectivity index (χ3n) is 1.46. The van der Waals surface area contributed by atoms with Crippen LogP contribution in [0.25, 0.3) is 0 Å². The summed E-state index contributed by atoms with van der Waals surface area (Å²) in [6.07, 6.45) is 0.808. The van der Waals surface area contributed by atoms with Gasteiger partial charge in [-0.25, -0.2) is 13.5 Å². The highest BCUT2D eigenvalue weighted by molar-refractivity contribution is 5.69. The van der Waals surface area contributed by atoms with Crippen molar-refractivity contribution in [3.8, 4) is 0 Å². The summed E-state index contributed by atoms with van der Waals surface area (Å²) in [6, 6.07) is 0. The van der Waals surface area contributed by atoms with Gasteiger partial charge in [0.25, 0.3) is 5.92 Å². The molecule has 0 unspecified atom stereocenters. The molecule has 1 N–H and O–H groups in total. The Bertz CT molecular complexity index is 332.